The number of rotatable bonds is 5. The molecule has 1 N–H and O–H groups in total. The summed E-state index contributed by atoms with van der Waals surface area (Å²) in [5, 5.41) is 3.30. The fraction of sp³-hybridized carbons (Fsp3) is 0.312. The minimum atomic E-state index is -0.566. The average molecular weight is 276 g/mol. The Morgan fingerprint density at radius 1 is 1.20 bits per heavy atom. The zero-order valence-corrected chi connectivity index (χ0v) is 11.7. The Morgan fingerprint density at radius 2 is 2.00 bits per heavy atom. The van der Waals surface area contributed by atoms with Gasteiger partial charge in [0.15, 0.2) is 0 Å². The van der Waals surface area contributed by atoms with E-state index >= 15 is 0 Å². The zero-order valence-electron chi connectivity index (χ0n) is 11.7. The summed E-state index contributed by atoms with van der Waals surface area (Å²) in [5.74, 6) is -1.11. The Balaban J connectivity index is 2.44. The highest BCUT2D eigenvalue weighted by molar-refractivity contribution is 5.34. The molecule has 1 atom stereocenters. The lowest BCUT2D eigenvalue weighted by Gasteiger charge is -2.21. The Kier molecular flexibility index (Phi) is 4.79. The maximum atomic E-state index is 14.0. The molecule has 2 nitrogen and oxygen atoms in total. The van der Waals surface area contributed by atoms with Crippen molar-refractivity contribution in [2.24, 2.45) is 0 Å². The highest BCUT2D eigenvalue weighted by Gasteiger charge is 2.19. The second-order valence-electron chi connectivity index (χ2n) is 4.73. The maximum Gasteiger partial charge on any atom is 0.131 e. The molecule has 0 aliphatic heterocycles. The predicted octanol–water partition coefficient (Wildman–Crippen LogP) is 3.76. The van der Waals surface area contributed by atoms with E-state index in [9.17, 15) is 8.78 Å². The summed E-state index contributed by atoms with van der Waals surface area (Å²) in [4.78, 5) is 4.24. The van der Waals surface area contributed by atoms with Crippen LogP contribution in [0.1, 0.15) is 36.2 Å². The topological polar surface area (TPSA) is 24.9 Å². The van der Waals surface area contributed by atoms with E-state index in [1.54, 1.807) is 6.20 Å². The number of aryl methyl sites for hydroxylation is 1. The normalized spacial score (nSPS) is 12.4. The minimum absolute atomic E-state index is 0.316. The first-order valence-corrected chi connectivity index (χ1v) is 6.73. The molecular formula is C16H18F2N2. The molecule has 0 spiro atoms. The van der Waals surface area contributed by atoms with Gasteiger partial charge in [-0.15, -0.1) is 0 Å². The van der Waals surface area contributed by atoms with Gasteiger partial charge in [0, 0.05) is 23.5 Å². The molecule has 1 aromatic heterocycles. The van der Waals surface area contributed by atoms with Gasteiger partial charge in [-0.2, -0.15) is 0 Å². The van der Waals surface area contributed by atoms with Crippen LogP contribution in [0.3, 0.4) is 0 Å². The molecule has 106 valence electrons. The quantitative estimate of drug-likeness (QED) is 0.899. The number of nitrogens with one attached hydrogen (secondary N) is 1. The van der Waals surface area contributed by atoms with E-state index in [1.807, 2.05) is 26.0 Å². The van der Waals surface area contributed by atoms with E-state index in [1.165, 1.54) is 12.1 Å². The van der Waals surface area contributed by atoms with Crippen molar-refractivity contribution in [3.8, 4) is 0 Å². The van der Waals surface area contributed by atoms with Crippen LogP contribution in [0.15, 0.2) is 36.5 Å². The molecular weight excluding hydrogens is 258 g/mol. The second-order valence-corrected chi connectivity index (χ2v) is 4.73. The van der Waals surface area contributed by atoms with Gasteiger partial charge in [0.2, 0.25) is 0 Å². The van der Waals surface area contributed by atoms with Gasteiger partial charge in [-0.25, -0.2) is 8.78 Å². The summed E-state index contributed by atoms with van der Waals surface area (Å²) in [7, 11) is 0. The van der Waals surface area contributed by atoms with Crippen LogP contribution in [-0.2, 0) is 0 Å². The number of hydrogen-bond acceptors (Lipinski definition) is 2. The van der Waals surface area contributed by atoms with Gasteiger partial charge < -0.3 is 5.32 Å². The van der Waals surface area contributed by atoms with E-state index in [-0.39, 0.29) is 6.04 Å². The Labute approximate surface area is 117 Å². The van der Waals surface area contributed by atoms with Crippen LogP contribution in [-0.4, -0.2) is 11.5 Å². The van der Waals surface area contributed by atoms with Crippen molar-refractivity contribution in [1.29, 1.82) is 0 Å². The van der Waals surface area contributed by atoms with Crippen molar-refractivity contribution in [1.82, 2.24) is 10.3 Å². The van der Waals surface area contributed by atoms with Crippen molar-refractivity contribution in [3.05, 3.63) is 65.0 Å². The highest BCUT2D eigenvalue weighted by atomic mass is 19.1. The van der Waals surface area contributed by atoms with Crippen LogP contribution in [0, 0.1) is 18.6 Å². The summed E-state index contributed by atoms with van der Waals surface area (Å²) in [5.41, 5.74) is 2.19. The van der Waals surface area contributed by atoms with Crippen molar-refractivity contribution in [2.75, 3.05) is 6.54 Å². The SMILES string of the molecule is CCCNC(c1ccc(F)cc1F)c1cccnc1C. The number of benzene rings is 1. The number of halogens is 2. The smallest absolute Gasteiger partial charge is 0.131 e. The molecule has 1 aromatic carbocycles. The predicted molar refractivity (Wildman–Crippen MR) is 75.5 cm³/mol. The fourth-order valence-electron chi connectivity index (χ4n) is 2.21. The summed E-state index contributed by atoms with van der Waals surface area (Å²) < 4.78 is 27.1. The van der Waals surface area contributed by atoms with Gasteiger partial charge >= 0.3 is 0 Å². The second kappa shape index (κ2) is 6.57. The molecule has 0 saturated carbocycles. The highest BCUT2D eigenvalue weighted by Crippen LogP contribution is 2.26. The fourth-order valence-corrected chi connectivity index (χ4v) is 2.21. The maximum absolute atomic E-state index is 14.0. The molecule has 1 heterocycles. The Hall–Kier alpha value is -1.81. The Bertz CT molecular complexity index is 584. The average Bonchev–Trinajstić information content (AvgIpc) is 2.42. The summed E-state index contributed by atoms with van der Waals surface area (Å²) in [6.45, 7) is 4.67. The molecule has 0 fully saturated rings. The molecule has 0 amide bonds. The van der Waals surface area contributed by atoms with E-state index in [0.29, 0.717) is 5.56 Å². The van der Waals surface area contributed by atoms with Crippen LogP contribution in [0.5, 0.6) is 0 Å². The largest absolute Gasteiger partial charge is 0.306 e. The van der Waals surface area contributed by atoms with Crippen molar-refractivity contribution in [2.45, 2.75) is 26.3 Å². The van der Waals surface area contributed by atoms with E-state index in [0.717, 1.165) is 30.3 Å². The molecule has 20 heavy (non-hydrogen) atoms. The third-order valence-corrected chi connectivity index (χ3v) is 3.23. The van der Waals surface area contributed by atoms with Gasteiger partial charge in [0.25, 0.3) is 0 Å². The first-order chi connectivity index (χ1) is 9.63. The summed E-state index contributed by atoms with van der Waals surface area (Å²) in [6, 6.07) is 7.11. The van der Waals surface area contributed by atoms with E-state index in [2.05, 4.69) is 10.3 Å². The number of aromatic nitrogens is 1. The monoisotopic (exact) mass is 276 g/mol. The van der Waals surface area contributed by atoms with Crippen LogP contribution in [0.25, 0.3) is 0 Å². The van der Waals surface area contributed by atoms with Crippen molar-refractivity contribution < 1.29 is 8.78 Å². The third-order valence-electron chi connectivity index (χ3n) is 3.23. The Morgan fingerprint density at radius 3 is 2.65 bits per heavy atom. The molecule has 0 saturated heterocycles. The first kappa shape index (κ1) is 14.6. The number of pyridine rings is 1. The van der Waals surface area contributed by atoms with Gasteiger partial charge in [0.05, 0.1) is 6.04 Å². The summed E-state index contributed by atoms with van der Waals surface area (Å²) >= 11 is 0. The van der Waals surface area contributed by atoms with Crippen molar-refractivity contribution >= 4 is 0 Å². The van der Waals surface area contributed by atoms with Crippen LogP contribution in [0.4, 0.5) is 8.78 Å². The molecule has 0 aliphatic carbocycles. The molecule has 2 aromatic rings. The number of nitrogens with zero attached hydrogens (tertiary/aromatic N) is 1. The first-order valence-electron chi connectivity index (χ1n) is 6.73. The van der Waals surface area contributed by atoms with Crippen LogP contribution >= 0.6 is 0 Å². The minimum Gasteiger partial charge on any atom is -0.306 e. The molecule has 0 radical (unpaired) electrons. The molecule has 4 heteroatoms. The molecule has 0 aliphatic rings. The zero-order chi connectivity index (χ0) is 14.5. The van der Waals surface area contributed by atoms with Crippen molar-refractivity contribution in [3.63, 3.8) is 0 Å². The lowest BCUT2D eigenvalue weighted by atomic mass is 9.97. The van der Waals surface area contributed by atoms with Gasteiger partial charge in [-0.3, -0.25) is 4.98 Å². The third kappa shape index (κ3) is 3.20. The van der Waals surface area contributed by atoms with Gasteiger partial charge in [-0.05, 0) is 37.6 Å². The lowest BCUT2D eigenvalue weighted by Crippen LogP contribution is -2.25. The standard InChI is InChI=1S/C16H18F2N2/c1-3-8-20-16(13-5-4-9-19-11(13)2)14-7-6-12(17)10-15(14)18/h4-7,9-10,16,20H,3,8H2,1-2H3. The van der Waals surface area contributed by atoms with E-state index in [4.69, 9.17) is 0 Å². The molecule has 2 rings (SSSR count). The van der Waals surface area contributed by atoms with Gasteiger partial charge in [0.1, 0.15) is 11.6 Å². The number of hydrogen-bond donors (Lipinski definition) is 1. The molecule has 1 unspecified atom stereocenters. The lowest BCUT2D eigenvalue weighted by molar-refractivity contribution is 0.531. The van der Waals surface area contributed by atoms with E-state index < -0.39 is 11.6 Å². The van der Waals surface area contributed by atoms with Gasteiger partial charge in [-0.1, -0.05) is 19.1 Å². The van der Waals surface area contributed by atoms with Crippen LogP contribution < -0.4 is 5.32 Å². The van der Waals surface area contributed by atoms with Crippen LogP contribution in [0.2, 0.25) is 0 Å². The summed E-state index contributed by atoms with van der Waals surface area (Å²) in [6.07, 6.45) is 2.63. The molecule has 0 bridgehead atoms.